The lowest BCUT2D eigenvalue weighted by molar-refractivity contribution is 0.551. The third-order valence-electron chi connectivity index (χ3n) is 3.22. The fourth-order valence-corrected chi connectivity index (χ4v) is 2.31. The molecule has 0 saturated heterocycles. The molecule has 0 saturated carbocycles. The first-order valence-electron chi connectivity index (χ1n) is 6.28. The molecule has 1 heterocycles. The molecule has 2 rings (SSSR count). The number of hydrogen-bond acceptors (Lipinski definition) is 2. The number of halogens is 2. The van der Waals surface area contributed by atoms with E-state index in [2.05, 4.69) is 21.8 Å². The molecule has 5 heteroatoms. The number of likely N-dealkylation sites (N-methyl/N-ethyl adjacent to an activating group) is 1. The maximum atomic E-state index is 13.2. The van der Waals surface area contributed by atoms with Crippen LogP contribution in [0.5, 0.6) is 0 Å². The molecule has 102 valence electrons. The summed E-state index contributed by atoms with van der Waals surface area (Å²) in [5, 5.41) is 3.37. The second-order valence-corrected chi connectivity index (χ2v) is 4.76. The zero-order valence-electron chi connectivity index (χ0n) is 11.0. The average molecular weight is 282 g/mol. The van der Waals surface area contributed by atoms with Gasteiger partial charge in [-0.2, -0.15) is 0 Å². The van der Waals surface area contributed by atoms with Crippen molar-refractivity contribution in [3.63, 3.8) is 0 Å². The standard InChI is InChI=1S/C14H17ClFN3/c1-3-19-7-6-18-14(19)9-13(17-2)10-4-5-12(16)11(15)8-10/h4-8,13,17H,3,9H2,1-2H3. The molecule has 0 aliphatic rings. The average Bonchev–Trinajstić information content (AvgIpc) is 2.86. The van der Waals surface area contributed by atoms with Gasteiger partial charge in [0.2, 0.25) is 0 Å². The molecule has 0 aliphatic heterocycles. The van der Waals surface area contributed by atoms with Gasteiger partial charge in [-0.1, -0.05) is 17.7 Å². The van der Waals surface area contributed by atoms with E-state index in [1.807, 2.05) is 13.2 Å². The van der Waals surface area contributed by atoms with Crippen molar-refractivity contribution in [2.45, 2.75) is 25.9 Å². The van der Waals surface area contributed by atoms with Crippen LogP contribution in [0.25, 0.3) is 0 Å². The predicted octanol–water partition coefficient (Wildman–Crippen LogP) is 3.20. The van der Waals surface area contributed by atoms with E-state index >= 15 is 0 Å². The van der Waals surface area contributed by atoms with Crippen LogP contribution in [0.3, 0.4) is 0 Å². The van der Waals surface area contributed by atoms with Gasteiger partial charge >= 0.3 is 0 Å². The van der Waals surface area contributed by atoms with Gasteiger partial charge < -0.3 is 9.88 Å². The SMILES string of the molecule is CCn1ccnc1CC(NC)c1ccc(F)c(Cl)c1. The van der Waals surface area contributed by atoms with Crippen molar-refractivity contribution in [1.82, 2.24) is 14.9 Å². The summed E-state index contributed by atoms with van der Waals surface area (Å²) >= 11 is 5.83. The Kier molecular flexibility index (Phi) is 4.56. The first-order valence-corrected chi connectivity index (χ1v) is 6.65. The van der Waals surface area contributed by atoms with Gasteiger partial charge in [-0.15, -0.1) is 0 Å². The number of nitrogens with zero attached hydrogens (tertiary/aromatic N) is 2. The number of aryl methyl sites for hydroxylation is 1. The summed E-state index contributed by atoms with van der Waals surface area (Å²) in [4.78, 5) is 4.36. The first-order chi connectivity index (χ1) is 9.15. The molecule has 3 nitrogen and oxygen atoms in total. The van der Waals surface area contributed by atoms with Crippen LogP contribution in [0.2, 0.25) is 5.02 Å². The highest BCUT2D eigenvalue weighted by Gasteiger charge is 2.14. The molecule has 2 aromatic rings. The summed E-state index contributed by atoms with van der Waals surface area (Å²) < 4.78 is 15.3. The van der Waals surface area contributed by atoms with Crippen LogP contribution >= 0.6 is 11.6 Å². The zero-order valence-corrected chi connectivity index (χ0v) is 11.8. The number of rotatable bonds is 5. The molecule has 0 aliphatic carbocycles. The number of aromatic nitrogens is 2. The molecule has 0 amide bonds. The first kappa shape index (κ1) is 14.0. The molecule has 1 aromatic heterocycles. The van der Waals surface area contributed by atoms with Crippen LogP contribution in [0, 0.1) is 5.82 Å². The van der Waals surface area contributed by atoms with Crippen molar-refractivity contribution >= 4 is 11.6 Å². The van der Waals surface area contributed by atoms with E-state index in [4.69, 9.17) is 11.6 Å². The Bertz CT molecular complexity index is 553. The summed E-state index contributed by atoms with van der Waals surface area (Å²) in [6, 6.07) is 4.87. The molecular formula is C14H17ClFN3. The number of hydrogen-bond donors (Lipinski definition) is 1. The van der Waals surface area contributed by atoms with E-state index in [-0.39, 0.29) is 11.1 Å². The minimum Gasteiger partial charge on any atom is -0.335 e. The second kappa shape index (κ2) is 6.17. The van der Waals surface area contributed by atoms with Crippen LogP contribution < -0.4 is 5.32 Å². The lowest BCUT2D eigenvalue weighted by atomic mass is 10.0. The van der Waals surface area contributed by atoms with Crippen LogP contribution in [-0.4, -0.2) is 16.6 Å². The van der Waals surface area contributed by atoms with Gasteiger partial charge in [0.1, 0.15) is 11.6 Å². The summed E-state index contributed by atoms with van der Waals surface area (Å²) in [6.45, 7) is 2.96. The maximum Gasteiger partial charge on any atom is 0.141 e. The van der Waals surface area contributed by atoms with Gasteiger partial charge in [-0.25, -0.2) is 9.37 Å². The summed E-state index contributed by atoms with van der Waals surface area (Å²) in [6.07, 6.45) is 4.49. The van der Waals surface area contributed by atoms with E-state index in [1.165, 1.54) is 6.07 Å². The largest absolute Gasteiger partial charge is 0.335 e. The monoisotopic (exact) mass is 281 g/mol. The Hall–Kier alpha value is -1.39. The highest BCUT2D eigenvalue weighted by Crippen LogP contribution is 2.23. The predicted molar refractivity (Wildman–Crippen MR) is 74.8 cm³/mol. The summed E-state index contributed by atoms with van der Waals surface area (Å²) in [5.41, 5.74) is 0.958. The maximum absolute atomic E-state index is 13.2. The van der Waals surface area contributed by atoms with Crippen LogP contribution in [0.15, 0.2) is 30.6 Å². The highest BCUT2D eigenvalue weighted by molar-refractivity contribution is 6.30. The van der Waals surface area contributed by atoms with E-state index < -0.39 is 5.82 Å². The van der Waals surface area contributed by atoms with Crippen molar-refractivity contribution in [2.24, 2.45) is 0 Å². The fourth-order valence-electron chi connectivity index (χ4n) is 2.12. The van der Waals surface area contributed by atoms with Gasteiger partial charge in [0.25, 0.3) is 0 Å². The smallest absolute Gasteiger partial charge is 0.141 e. The summed E-state index contributed by atoms with van der Waals surface area (Å²) in [7, 11) is 1.88. The topological polar surface area (TPSA) is 29.9 Å². The minimum absolute atomic E-state index is 0.0609. The van der Waals surface area contributed by atoms with Gasteiger partial charge in [0.05, 0.1) is 5.02 Å². The van der Waals surface area contributed by atoms with E-state index in [0.29, 0.717) is 0 Å². The van der Waals surface area contributed by atoms with E-state index in [0.717, 1.165) is 24.4 Å². The molecule has 0 spiro atoms. The molecule has 1 aromatic carbocycles. The Balaban J connectivity index is 2.22. The zero-order chi connectivity index (χ0) is 13.8. The summed E-state index contributed by atoms with van der Waals surface area (Å²) in [5.74, 6) is 0.609. The highest BCUT2D eigenvalue weighted by atomic mass is 35.5. The number of nitrogens with one attached hydrogen (secondary N) is 1. The van der Waals surface area contributed by atoms with Crippen LogP contribution in [0.4, 0.5) is 4.39 Å². The third-order valence-corrected chi connectivity index (χ3v) is 3.51. The molecule has 19 heavy (non-hydrogen) atoms. The normalized spacial score (nSPS) is 12.6. The minimum atomic E-state index is -0.393. The molecule has 0 bridgehead atoms. The van der Waals surface area contributed by atoms with Crippen molar-refractivity contribution in [3.05, 3.63) is 52.8 Å². The van der Waals surface area contributed by atoms with E-state index in [9.17, 15) is 4.39 Å². The van der Waals surface area contributed by atoms with Crippen molar-refractivity contribution in [2.75, 3.05) is 7.05 Å². The van der Waals surface area contributed by atoms with Gasteiger partial charge in [-0.05, 0) is 31.7 Å². The molecule has 0 fully saturated rings. The Morgan fingerprint density at radius 2 is 2.26 bits per heavy atom. The molecule has 1 N–H and O–H groups in total. The number of benzene rings is 1. The van der Waals surface area contributed by atoms with Gasteiger partial charge in [0, 0.05) is 31.4 Å². The van der Waals surface area contributed by atoms with Crippen molar-refractivity contribution < 1.29 is 4.39 Å². The van der Waals surface area contributed by atoms with Crippen molar-refractivity contribution in [1.29, 1.82) is 0 Å². The Morgan fingerprint density at radius 3 is 2.89 bits per heavy atom. The molecule has 1 atom stereocenters. The quantitative estimate of drug-likeness (QED) is 0.912. The van der Waals surface area contributed by atoms with Gasteiger partial charge in [-0.3, -0.25) is 0 Å². The Morgan fingerprint density at radius 1 is 1.47 bits per heavy atom. The van der Waals surface area contributed by atoms with Crippen LogP contribution in [0.1, 0.15) is 24.4 Å². The lowest BCUT2D eigenvalue weighted by Gasteiger charge is -2.17. The number of imidazole rings is 1. The molecular weight excluding hydrogens is 265 g/mol. The fraction of sp³-hybridized carbons (Fsp3) is 0.357. The van der Waals surface area contributed by atoms with E-state index in [1.54, 1.807) is 18.3 Å². The van der Waals surface area contributed by atoms with Gasteiger partial charge in [0.15, 0.2) is 0 Å². The molecule has 1 unspecified atom stereocenters. The lowest BCUT2D eigenvalue weighted by Crippen LogP contribution is -2.20. The Labute approximate surface area is 117 Å². The second-order valence-electron chi connectivity index (χ2n) is 4.35. The third kappa shape index (κ3) is 3.14. The van der Waals surface area contributed by atoms with Crippen molar-refractivity contribution in [3.8, 4) is 0 Å². The molecule has 0 radical (unpaired) electrons. The van der Waals surface area contributed by atoms with Crippen LogP contribution in [-0.2, 0) is 13.0 Å².